The van der Waals surface area contributed by atoms with Crippen molar-refractivity contribution in [1.82, 2.24) is 24.4 Å². The number of imidazole rings is 1. The zero-order valence-electron chi connectivity index (χ0n) is 15.7. The maximum absolute atomic E-state index is 12.9. The van der Waals surface area contributed by atoms with E-state index in [0.717, 1.165) is 36.5 Å². The molecule has 0 saturated carbocycles. The Morgan fingerprint density at radius 3 is 2.67 bits per heavy atom. The molecule has 7 heteroatoms. The van der Waals surface area contributed by atoms with Crippen LogP contribution in [0.5, 0.6) is 0 Å². The number of carbonyl (C=O) groups excluding carboxylic acids is 1. The number of aromatic nitrogens is 4. The third-order valence-corrected chi connectivity index (χ3v) is 4.84. The molecule has 0 aliphatic carbocycles. The highest BCUT2D eigenvalue weighted by Gasteiger charge is 2.23. The van der Waals surface area contributed by atoms with Gasteiger partial charge in [0.25, 0.3) is 5.91 Å². The van der Waals surface area contributed by atoms with Gasteiger partial charge < -0.3 is 14.4 Å². The van der Waals surface area contributed by atoms with Gasteiger partial charge in [0.1, 0.15) is 5.52 Å². The van der Waals surface area contributed by atoms with Crippen molar-refractivity contribution in [3.8, 4) is 0 Å². The van der Waals surface area contributed by atoms with Crippen LogP contribution in [0.1, 0.15) is 24.2 Å². The molecular formula is C20H24N6O. The fourth-order valence-corrected chi connectivity index (χ4v) is 3.48. The molecule has 0 atom stereocenters. The Morgan fingerprint density at radius 1 is 1.15 bits per heavy atom. The summed E-state index contributed by atoms with van der Waals surface area (Å²) >= 11 is 0. The summed E-state index contributed by atoms with van der Waals surface area (Å²) in [5, 5.41) is 0. The number of carbonyl (C=O) groups is 1. The van der Waals surface area contributed by atoms with E-state index >= 15 is 0 Å². The van der Waals surface area contributed by atoms with E-state index in [-0.39, 0.29) is 5.91 Å². The molecule has 0 aromatic carbocycles. The molecule has 0 radical (unpaired) electrons. The molecule has 140 valence electrons. The van der Waals surface area contributed by atoms with Crippen molar-refractivity contribution in [2.24, 2.45) is 5.92 Å². The van der Waals surface area contributed by atoms with E-state index in [1.807, 2.05) is 27.8 Å². The van der Waals surface area contributed by atoms with Gasteiger partial charge in [0, 0.05) is 45.1 Å². The number of fused-ring (bicyclic) bond motifs is 1. The lowest BCUT2D eigenvalue weighted by atomic mass is 10.2. The number of nitrogens with zero attached hydrogens (tertiary/aromatic N) is 6. The van der Waals surface area contributed by atoms with Crippen LogP contribution in [0.4, 0.5) is 5.69 Å². The normalized spacial score (nSPS) is 14.9. The quantitative estimate of drug-likeness (QED) is 0.711. The molecule has 27 heavy (non-hydrogen) atoms. The summed E-state index contributed by atoms with van der Waals surface area (Å²) in [6, 6.07) is 5.84. The predicted octanol–water partition coefficient (Wildman–Crippen LogP) is 2.44. The molecule has 1 aliphatic rings. The maximum atomic E-state index is 12.9. The number of hydrogen-bond acceptors (Lipinski definition) is 5. The van der Waals surface area contributed by atoms with E-state index in [2.05, 4.69) is 39.8 Å². The number of pyridine rings is 2. The van der Waals surface area contributed by atoms with Crippen molar-refractivity contribution < 1.29 is 4.79 Å². The van der Waals surface area contributed by atoms with Crippen LogP contribution in [0, 0.1) is 5.92 Å². The molecule has 0 bridgehead atoms. The van der Waals surface area contributed by atoms with E-state index in [0.29, 0.717) is 24.6 Å². The molecular weight excluding hydrogens is 340 g/mol. The van der Waals surface area contributed by atoms with Crippen LogP contribution in [0.15, 0.2) is 43.1 Å². The first-order valence-electron chi connectivity index (χ1n) is 9.37. The molecule has 0 unspecified atom stereocenters. The van der Waals surface area contributed by atoms with Gasteiger partial charge in [-0.2, -0.15) is 0 Å². The van der Waals surface area contributed by atoms with Crippen molar-refractivity contribution in [3.63, 3.8) is 0 Å². The van der Waals surface area contributed by atoms with Crippen molar-refractivity contribution in [3.05, 3.63) is 48.7 Å². The van der Waals surface area contributed by atoms with Crippen molar-refractivity contribution in [2.45, 2.75) is 20.4 Å². The summed E-state index contributed by atoms with van der Waals surface area (Å²) in [4.78, 5) is 30.1. The summed E-state index contributed by atoms with van der Waals surface area (Å²) in [5.74, 6) is 0.537. The van der Waals surface area contributed by atoms with Crippen molar-refractivity contribution in [2.75, 3.05) is 31.1 Å². The monoisotopic (exact) mass is 364 g/mol. The van der Waals surface area contributed by atoms with Crippen LogP contribution >= 0.6 is 0 Å². The van der Waals surface area contributed by atoms with Crippen LogP contribution in [-0.4, -0.2) is 56.5 Å². The number of hydrogen-bond donors (Lipinski definition) is 0. The first-order chi connectivity index (χ1) is 13.1. The smallest absolute Gasteiger partial charge is 0.255 e. The highest BCUT2D eigenvalue weighted by atomic mass is 16.2. The van der Waals surface area contributed by atoms with Crippen LogP contribution < -0.4 is 4.90 Å². The van der Waals surface area contributed by atoms with Gasteiger partial charge in [-0.3, -0.25) is 9.78 Å². The summed E-state index contributed by atoms with van der Waals surface area (Å²) in [6.45, 7) is 8.17. The minimum atomic E-state index is 0.0219. The van der Waals surface area contributed by atoms with Crippen LogP contribution in [-0.2, 0) is 6.54 Å². The molecule has 4 rings (SSSR count). The number of piperazine rings is 1. The van der Waals surface area contributed by atoms with Crippen molar-refractivity contribution >= 4 is 22.8 Å². The molecule has 1 amide bonds. The zero-order chi connectivity index (χ0) is 18.8. The second kappa shape index (κ2) is 7.34. The topological polar surface area (TPSA) is 67.2 Å². The zero-order valence-corrected chi connectivity index (χ0v) is 15.7. The molecule has 1 fully saturated rings. The van der Waals surface area contributed by atoms with Gasteiger partial charge in [0.2, 0.25) is 0 Å². The average molecular weight is 364 g/mol. The first kappa shape index (κ1) is 17.5. The lowest BCUT2D eigenvalue weighted by molar-refractivity contribution is 0.0746. The summed E-state index contributed by atoms with van der Waals surface area (Å²) in [6.07, 6.45) is 7.12. The lowest BCUT2D eigenvalue weighted by Crippen LogP contribution is -2.48. The fourth-order valence-electron chi connectivity index (χ4n) is 3.48. The van der Waals surface area contributed by atoms with Gasteiger partial charge in [-0.05, 0) is 24.1 Å². The van der Waals surface area contributed by atoms with E-state index in [4.69, 9.17) is 0 Å². The van der Waals surface area contributed by atoms with Gasteiger partial charge in [0.15, 0.2) is 5.65 Å². The minimum absolute atomic E-state index is 0.0219. The average Bonchev–Trinajstić information content (AvgIpc) is 3.09. The number of rotatable bonds is 4. The number of amides is 1. The predicted molar refractivity (Wildman–Crippen MR) is 105 cm³/mol. The van der Waals surface area contributed by atoms with Gasteiger partial charge >= 0.3 is 0 Å². The SMILES string of the molecule is CC(C)Cn1cnc2cc(C(=O)N3CCN(c4cccnc4)CC3)cnc21. The molecule has 3 aromatic rings. The second-order valence-electron chi connectivity index (χ2n) is 7.35. The minimum Gasteiger partial charge on any atom is -0.367 e. The van der Waals surface area contributed by atoms with Gasteiger partial charge in [-0.25, -0.2) is 9.97 Å². The first-order valence-corrected chi connectivity index (χ1v) is 9.37. The molecule has 4 heterocycles. The van der Waals surface area contributed by atoms with E-state index in [1.54, 1.807) is 18.7 Å². The standard InChI is InChI=1S/C20H24N6O/c1-15(2)13-26-14-23-18-10-16(11-22-19(18)26)20(27)25-8-6-24(7-9-25)17-4-3-5-21-12-17/h3-5,10-12,14-15H,6-9,13H2,1-2H3. The molecule has 7 nitrogen and oxygen atoms in total. The summed E-state index contributed by atoms with van der Waals surface area (Å²) in [7, 11) is 0. The van der Waals surface area contributed by atoms with E-state index in [9.17, 15) is 4.79 Å². The Morgan fingerprint density at radius 2 is 1.96 bits per heavy atom. The Kier molecular flexibility index (Phi) is 4.75. The Labute approximate surface area is 158 Å². The van der Waals surface area contributed by atoms with Crippen LogP contribution in [0.25, 0.3) is 11.2 Å². The van der Waals surface area contributed by atoms with Crippen LogP contribution in [0.2, 0.25) is 0 Å². The third kappa shape index (κ3) is 3.63. The van der Waals surface area contributed by atoms with Gasteiger partial charge in [-0.1, -0.05) is 13.8 Å². The summed E-state index contributed by atoms with van der Waals surface area (Å²) in [5.41, 5.74) is 3.31. The fraction of sp³-hybridized carbons (Fsp3) is 0.400. The van der Waals surface area contributed by atoms with Gasteiger partial charge in [-0.15, -0.1) is 0 Å². The number of anilines is 1. The second-order valence-corrected chi connectivity index (χ2v) is 7.35. The third-order valence-electron chi connectivity index (χ3n) is 4.84. The van der Waals surface area contributed by atoms with E-state index < -0.39 is 0 Å². The van der Waals surface area contributed by atoms with Crippen molar-refractivity contribution in [1.29, 1.82) is 0 Å². The van der Waals surface area contributed by atoms with E-state index in [1.165, 1.54) is 0 Å². The Bertz CT molecular complexity index is 928. The highest BCUT2D eigenvalue weighted by Crippen LogP contribution is 2.18. The molecule has 0 N–H and O–H groups in total. The van der Waals surface area contributed by atoms with Crippen LogP contribution in [0.3, 0.4) is 0 Å². The van der Waals surface area contributed by atoms with Gasteiger partial charge in [0.05, 0.1) is 23.8 Å². The molecule has 0 spiro atoms. The maximum Gasteiger partial charge on any atom is 0.255 e. The Hall–Kier alpha value is -2.96. The highest BCUT2D eigenvalue weighted by molar-refractivity contribution is 5.96. The molecule has 1 saturated heterocycles. The lowest BCUT2D eigenvalue weighted by Gasteiger charge is -2.35. The molecule has 3 aromatic heterocycles. The summed E-state index contributed by atoms with van der Waals surface area (Å²) < 4.78 is 2.04. The largest absolute Gasteiger partial charge is 0.367 e. The molecule has 1 aliphatic heterocycles. The Balaban J connectivity index is 1.45.